The van der Waals surface area contributed by atoms with Gasteiger partial charge in [0, 0.05) is 5.92 Å². The van der Waals surface area contributed by atoms with Crippen molar-refractivity contribution >= 4 is 15.9 Å². The number of carbonyl (C=O) groups is 1. The van der Waals surface area contributed by atoms with Crippen molar-refractivity contribution in [2.75, 3.05) is 0 Å². The zero-order valence-corrected chi connectivity index (χ0v) is 15.0. The van der Waals surface area contributed by atoms with Gasteiger partial charge < -0.3 is 0 Å². The zero-order chi connectivity index (χ0) is 16.4. The number of carbonyl (C=O) groups excluding carboxylic acids is 1. The number of ketones is 1. The highest BCUT2D eigenvalue weighted by Crippen LogP contribution is 2.33. The van der Waals surface area contributed by atoms with Gasteiger partial charge in [-0.2, -0.15) is 8.42 Å². The summed E-state index contributed by atoms with van der Waals surface area (Å²) in [7, 11) is -3.67. The Balaban J connectivity index is 2.01. The molecule has 128 valence electrons. The van der Waals surface area contributed by atoms with Crippen molar-refractivity contribution in [2.24, 2.45) is 11.8 Å². The lowest BCUT2D eigenvalue weighted by Gasteiger charge is -2.32. The highest BCUT2D eigenvalue weighted by molar-refractivity contribution is 7.87. The van der Waals surface area contributed by atoms with Crippen LogP contribution in [0.15, 0.2) is 0 Å². The monoisotopic (exact) mass is 330 g/mol. The van der Waals surface area contributed by atoms with Gasteiger partial charge in [0.25, 0.3) is 10.1 Å². The fourth-order valence-corrected chi connectivity index (χ4v) is 5.42. The second-order valence-electron chi connectivity index (χ2n) is 7.67. The van der Waals surface area contributed by atoms with Crippen molar-refractivity contribution in [1.29, 1.82) is 0 Å². The minimum atomic E-state index is -3.67. The molecule has 0 aromatic rings. The van der Waals surface area contributed by atoms with Crippen LogP contribution in [-0.2, 0) is 19.1 Å². The summed E-state index contributed by atoms with van der Waals surface area (Å²) in [6.45, 7) is 5.39. The van der Waals surface area contributed by atoms with E-state index < -0.39 is 21.0 Å². The third kappa shape index (κ3) is 4.31. The molecule has 0 amide bonds. The maximum Gasteiger partial charge on any atom is 0.271 e. The topological polar surface area (TPSA) is 60.4 Å². The average Bonchev–Trinajstić information content (AvgIpc) is 2.46. The van der Waals surface area contributed by atoms with Crippen molar-refractivity contribution in [3.05, 3.63) is 0 Å². The summed E-state index contributed by atoms with van der Waals surface area (Å²) < 4.78 is 30.5. The molecule has 22 heavy (non-hydrogen) atoms. The van der Waals surface area contributed by atoms with Gasteiger partial charge >= 0.3 is 0 Å². The molecule has 2 fully saturated rings. The number of rotatable bonds is 5. The zero-order valence-electron chi connectivity index (χ0n) is 14.1. The number of hydrogen-bond donors (Lipinski definition) is 0. The first-order chi connectivity index (χ1) is 10.2. The lowest BCUT2D eigenvalue weighted by Crippen LogP contribution is -2.44. The Hall–Kier alpha value is -0.420. The van der Waals surface area contributed by atoms with Crippen molar-refractivity contribution in [2.45, 2.75) is 89.4 Å². The van der Waals surface area contributed by atoms with Crippen molar-refractivity contribution in [3.63, 3.8) is 0 Å². The van der Waals surface area contributed by atoms with Crippen LogP contribution in [0.25, 0.3) is 0 Å². The Bertz CT molecular complexity index is 481. The first-order valence-corrected chi connectivity index (χ1v) is 10.2. The molecule has 2 rings (SSSR count). The molecule has 2 saturated carbocycles. The molecule has 5 heteroatoms. The predicted octanol–water partition coefficient (Wildman–Crippen LogP) is 3.84. The molecule has 0 aromatic carbocycles. The van der Waals surface area contributed by atoms with E-state index in [9.17, 15) is 13.2 Å². The largest absolute Gasteiger partial charge is 0.296 e. The normalized spacial score (nSPS) is 28.5. The van der Waals surface area contributed by atoms with Crippen LogP contribution in [0.1, 0.15) is 78.6 Å². The van der Waals surface area contributed by atoms with E-state index in [4.69, 9.17) is 4.18 Å². The van der Waals surface area contributed by atoms with Gasteiger partial charge in [-0.05, 0) is 58.3 Å². The predicted molar refractivity (Wildman–Crippen MR) is 87.1 cm³/mol. The standard InChI is InChI=1S/C17H30O4S/c1-13-9-11-15(12-10-13)22(19,20)21-17(2,3)16(18)14-7-5-4-6-8-14/h13-15H,4-12H2,1-3H3. The van der Waals surface area contributed by atoms with E-state index in [1.165, 1.54) is 6.42 Å². The molecule has 2 aliphatic carbocycles. The smallest absolute Gasteiger partial charge is 0.271 e. The van der Waals surface area contributed by atoms with Gasteiger partial charge in [0.1, 0.15) is 5.60 Å². The van der Waals surface area contributed by atoms with Gasteiger partial charge in [-0.1, -0.05) is 26.2 Å². The molecule has 2 aliphatic rings. The van der Waals surface area contributed by atoms with E-state index in [0.717, 1.165) is 38.5 Å². The minimum absolute atomic E-state index is 0.0367. The molecule has 0 atom stereocenters. The maximum atomic E-state index is 12.6. The van der Waals surface area contributed by atoms with Gasteiger partial charge in [0.15, 0.2) is 5.78 Å². The quantitative estimate of drug-likeness (QED) is 0.719. The van der Waals surface area contributed by atoms with Crippen molar-refractivity contribution in [1.82, 2.24) is 0 Å². The number of hydrogen-bond acceptors (Lipinski definition) is 4. The lowest BCUT2D eigenvalue weighted by atomic mass is 9.81. The molecule has 0 saturated heterocycles. The SMILES string of the molecule is CC1CCC(S(=O)(=O)OC(C)(C)C(=O)C2CCCCC2)CC1. The summed E-state index contributed by atoms with van der Waals surface area (Å²) in [5.74, 6) is 0.508. The fourth-order valence-electron chi connectivity index (χ4n) is 3.77. The van der Waals surface area contributed by atoms with Crippen molar-refractivity contribution in [3.8, 4) is 0 Å². The van der Waals surface area contributed by atoms with Crippen LogP contribution in [0.5, 0.6) is 0 Å². The van der Waals surface area contributed by atoms with Crippen LogP contribution >= 0.6 is 0 Å². The third-order valence-electron chi connectivity index (χ3n) is 5.26. The van der Waals surface area contributed by atoms with E-state index >= 15 is 0 Å². The second kappa shape index (κ2) is 7.00. The molecule has 0 unspecified atom stereocenters. The van der Waals surface area contributed by atoms with E-state index in [1.807, 2.05) is 0 Å². The van der Waals surface area contributed by atoms with Crippen LogP contribution in [0.3, 0.4) is 0 Å². The Morgan fingerprint density at radius 1 is 0.955 bits per heavy atom. The van der Waals surface area contributed by atoms with Gasteiger partial charge in [0.05, 0.1) is 5.25 Å². The highest BCUT2D eigenvalue weighted by atomic mass is 32.2. The maximum absolute atomic E-state index is 12.6. The van der Waals surface area contributed by atoms with Crippen LogP contribution in [0.4, 0.5) is 0 Å². The molecule has 0 heterocycles. The van der Waals surface area contributed by atoms with E-state index in [-0.39, 0.29) is 11.7 Å². The lowest BCUT2D eigenvalue weighted by molar-refractivity contribution is -0.136. The Labute approximate surface area is 135 Å². The van der Waals surface area contributed by atoms with Crippen LogP contribution in [-0.4, -0.2) is 25.1 Å². The summed E-state index contributed by atoms with van der Waals surface area (Å²) in [4.78, 5) is 12.6. The molecule has 0 aromatic heterocycles. The van der Waals surface area contributed by atoms with Crippen LogP contribution in [0.2, 0.25) is 0 Å². The molecule has 0 bridgehead atoms. The van der Waals surface area contributed by atoms with E-state index in [2.05, 4.69) is 6.92 Å². The fraction of sp³-hybridized carbons (Fsp3) is 0.941. The van der Waals surface area contributed by atoms with Gasteiger partial charge in [-0.25, -0.2) is 0 Å². The minimum Gasteiger partial charge on any atom is -0.296 e. The summed E-state index contributed by atoms with van der Waals surface area (Å²) >= 11 is 0. The Morgan fingerprint density at radius 3 is 2.05 bits per heavy atom. The molecule has 4 nitrogen and oxygen atoms in total. The molecule has 0 N–H and O–H groups in total. The number of Topliss-reactive ketones (excluding diaryl/α,β-unsaturated/α-hetero) is 1. The second-order valence-corrected chi connectivity index (χ2v) is 9.49. The summed E-state index contributed by atoms with van der Waals surface area (Å²) in [6, 6.07) is 0. The molecule has 0 radical (unpaired) electrons. The van der Waals surface area contributed by atoms with Gasteiger partial charge in [-0.3, -0.25) is 8.98 Å². The average molecular weight is 330 g/mol. The summed E-state index contributed by atoms with van der Waals surface area (Å²) in [5, 5.41) is -0.442. The highest BCUT2D eigenvalue weighted by Gasteiger charge is 2.41. The summed E-state index contributed by atoms with van der Waals surface area (Å²) in [6.07, 6.45) is 8.16. The van der Waals surface area contributed by atoms with E-state index in [0.29, 0.717) is 18.8 Å². The van der Waals surface area contributed by atoms with E-state index in [1.54, 1.807) is 13.8 Å². The molecule has 0 spiro atoms. The Kier molecular flexibility index (Phi) is 5.70. The molecular formula is C17H30O4S. The third-order valence-corrected chi connectivity index (χ3v) is 7.20. The molecule has 0 aliphatic heterocycles. The van der Waals surface area contributed by atoms with Crippen LogP contribution < -0.4 is 0 Å². The summed E-state index contributed by atoms with van der Waals surface area (Å²) in [5.41, 5.74) is -1.23. The first kappa shape index (κ1) is 17.9. The van der Waals surface area contributed by atoms with Gasteiger partial charge in [0.2, 0.25) is 0 Å². The Morgan fingerprint density at radius 2 is 1.50 bits per heavy atom. The first-order valence-electron chi connectivity index (χ1n) is 8.71. The molecular weight excluding hydrogens is 300 g/mol. The van der Waals surface area contributed by atoms with Crippen LogP contribution in [0, 0.1) is 11.8 Å². The van der Waals surface area contributed by atoms with Gasteiger partial charge in [-0.15, -0.1) is 0 Å². The van der Waals surface area contributed by atoms with Crippen molar-refractivity contribution < 1.29 is 17.4 Å².